The molecule has 0 saturated carbocycles. The summed E-state index contributed by atoms with van der Waals surface area (Å²) in [5, 5.41) is 12.2. The number of benzene rings is 1. The Morgan fingerprint density at radius 3 is 2.72 bits per heavy atom. The van der Waals surface area contributed by atoms with E-state index in [-0.39, 0.29) is 17.2 Å². The minimum Gasteiger partial charge on any atom is -0.476 e. The molecule has 0 aliphatic heterocycles. The second kappa shape index (κ2) is 4.89. The number of rotatable bonds is 3. The molecule has 0 fully saturated rings. The minimum atomic E-state index is -1.29. The van der Waals surface area contributed by atoms with Gasteiger partial charge in [0.25, 0.3) is 0 Å². The van der Waals surface area contributed by atoms with Crippen molar-refractivity contribution >= 4 is 23.5 Å². The Hall–Kier alpha value is -2.34. The monoisotopic (exact) mass is 267 g/mol. The Balaban J connectivity index is 2.14. The van der Waals surface area contributed by atoms with Gasteiger partial charge in [-0.05, 0) is 18.2 Å². The average molecular weight is 268 g/mol. The highest BCUT2D eigenvalue weighted by Gasteiger charge is 2.18. The van der Waals surface area contributed by atoms with Gasteiger partial charge in [-0.25, -0.2) is 9.59 Å². The van der Waals surface area contributed by atoms with Crippen LogP contribution in [0.5, 0.6) is 5.75 Å². The molecule has 1 aromatic carbocycles. The lowest BCUT2D eigenvalue weighted by Gasteiger charge is -2.01. The molecule has 6 nitrogen and oxygen atoms in total. The fourth-order valence-electron chi connectivity index (χ4n) is 1.16. The molecule has 1 heterocycles. The van der Waals surface area contributed by atoms with Crippen molar-refractivity contribution in [3.8, 4) is 5.75 Å². The molecule has 2 aromatic rings. The van der Waals surface area contributed by atoms with Crippen molar-refractivity contribution in [1.29, 1.82) is 0 Å². The Kier molecular flexibility index (Phi) is 3.29. The number of halogens is 1. The Morgan fingerprint density at radius 1 is 1.33 bits per heavy atom. The van der Waals surface area contributed by atoms with Crippen molar-refractivity contribution in [2.45, 2.75) is 0 Å². The minimum absolute atomic E-state index is 0.223. The molecule has 92 valence electrons. The van der Waals surface area contributed by atoms with Crippen LogP contribution in [0.25, 0.3) is 0 Å². The number of hydrogen-bond acceptors (Lipinski definition) is 5. The molecule has 7 heteroatoms. The van der Waals surface area contributed by atoms with Gasteiger partial charge in [0.15, 0.2) is 5.69 Å². The lowest BCUT2D eigenvalue weighted by atomic mass is 10.3. The van der Waals surface area contributed by atoms with E-state index in [4.69, 9.17) is 21.4 Å². The molecule has 1 N–H and O–H groups in total. The molecule has 0 radical (unpaired) electrons. The van der Waals surface area contributed by atoms with E-state index in [1.807, 2.05) is 0 Å². The van der Waals surface area contributed by atoms with Crippen LogP contribution in [0.15, 0.2) is 34.9 Å². The highest BCUT2D eigenvalue weighted by Crippen LogP contribution is 2.18. The summed E-state index contributed by atoms with van der Waals surface area (Å²) in [5.41, 5.74) is -0.368. The third-order valence-electron chi connectivity index (χ3n) is 1.94. The first-order chi connectivity index (χ1) is 8.56. The summed E-state index contributed by atoms with van der Waals surface area (Å²) in [4.78, 5) is 22.1. The van der Waals surface area contributed by atoms with E-state index in [0.717, 1.165) is 6.07 Å². The van der Waals surface area contributed by atoms with Crippen LogP contribution in [-0.4, -0.2) is 22.2 Å². The third kappa shape index (κ3) is 2.67. The predicted octanol–water partition coefficient (Wildman–Crippen LogP) is 2.25. The summed E-state index contributed by atoms with van der Waals surface area (Å²) in [7, 11) is 0. The largest absolute Gasteiger partial charge is 0.476 e. The molecule has 0 saturated heterocycles. The maximum absolute atomic E-state index is 11.6. The lowest BCUT2D eigenvalue weighted by molar-refractivity contribution is 0.0668. The number of carboxylic acid groups (broad SMARTS) is 1. The normalized spacial score (nSPS) is 10.1. The predicted molar refractivity (Wildman–Crippen MR) is 59.9 cm³/mol. The number of esters is 1. The van der Waals surface area contributed by atoms with E-state index in [2.05, 4.69) is 9.68 Å². The second-order valence-corrected chi connectivity index (χ2v) is 3.66. The first kappa shape index (κ1) is 12.1. The van der Waals surface area contributed by atoms with Crippen molar-refractivity contribution in [2.24, 2.45) is 0 Å². The van der Waals surface area contributed by atoms with Gasteiger partial charge in [-0.3, -0.25) is 0 Å². The molecular formula is C11H6ClNO5. The van der Waals surface area contributed by atoms with E-state index < -0.39 is 11.9 Å². The summed E-state index contributed by atoms with van der Waals surface area (Å²) in [6, 6.07) is 7.17. The zero-order valence-corrected chi connectivity index (χ0v) is 9.55. The third-order valence-corrected chi connectivity index (χ3v) is 2.17. The summed E-state index contributed by atoms with van der Waals surface area (Å²) in [6.45, 7) is 0. The number of carboxylic acids is 1. The fraction of sp³-hybridized carbons (Fsp3) is 0. The van der Waals surface area contributed by atoms with E-state index in [1.165, 1.54) is 12.1 Å². The standard InChI is InChI=1S/C11H6ClNO5/c12-6-2-1-3-7(4-6)17-11(16)9-5-8(10(14)15)13-18-9/h1-5H,(H,14,15). The van der Waals surface area contributed by atoms with Gasteiger partial charge in [0.2, 0.25) is 5.76 Å². The van der Waals surface area contributed by atoms with Gasteiger partial charge in [-0.2, -0.15) is 0 Å². The van der Waals surface area contributed by atoms with Crippen molar-refractivity contribution in [2.75, 3.05) is 0 Å². The van der Waals surface area contributed by atoms with Crippen LogP contribution >= 0.6 is 11.6 Å². The number of carbonyl (C=O) groups excluding carboxylic acids is 1. The van der Waals surface area contributed by atoms with Gasteiger partial charge >= 0.3 is 11.9 Å². The molecule has 0 spiro atoms. The number of carbonyl (C=O) groups is 2. The fourth-order valence-corrected chi connectivity index (χ4v) is 1.34. The number of nitrogens with zero attached hydrogens (tertiary/aromatic N) is 1. The quantitative estimate of drug-likeness (QED) is 0.677. The van der Waals surface area contributed by atoms with Crippen LogP contribution < -0.4 is 4.74 Å². The molecule has 0 aliphatic carbocycles. The van der Waals surface area contributed by atoms with E-state index in [1.54, 1.807) is 12.1 Å². The Labute approximate surface area is 106 Å². The van der Waals surface area contributed by atoms with Crippen LogP contribution in [0, 0.1) is 0 Å². The Bertz CT molecular complexity index is 607. The topological polar surface area (TPSA) is 89.6 Å². The van der Waals surface area contributed by atoms with Crippen LogP contribution in [0.2, 0.25) is 5.02 Å². The molecule has 0 unspecified atom stereocenters. The lowest BCUT2D eigenvalue weighted by Crippen LogP contribution is -2.07. The van der Waals surface area contributed by atoms with Crippen molar-refractivity contribution in [3.05, 3.63) is 46.8 Å². The average Bonchev–Trinajstić information content (AvgIpc) is 2.78. The highest BCUT2D eigenvalue weighted by molar-refractivity contribution is 6.30. The smallest absolute Gasteiger partial charge is 0.382 e. The summed E-state index contributed by atoms with van der Waals surface area (Å²) < 4.78 is 9.48. The number of aromatic nitrogens is 1. The highest BCUT2D eigenvalue weighted by atomic mass is 35.5. The number of ether oxygens (including phenoxy) is 1. The van der Waals surface area contributed by atoms with Crippen molar-refractivity contribution < 1.29 is 24.0 Å². The van der Waals surface area contributed by atoms with Crippen LogP contribution in [0.3, 0.4) is 0 Å². The SMILES string of the molecule is O=C(O)c1cc(C(=O)Oc2cccc(Cl)c2)on1. The van der Waals surface area contributed by atoms with Gasteiger partial charge in [0.05, 0.1) is 0 Å². The van der Waals surface area contributed by atoms with Gasteiger partial charge < -0.3 is 14.4 Å². The summed E-state index contributed by atoms with van der Waals surface area (Å²) >= 11 is 5.72. The van der Waals surface area contributed by atoms with Gasteiger partial charge in [-0.1, -0.05) is 22.8 Å². The van der Waals surface area contributed by atoms with E-state index in [9.17, 15) is 9.59 Å². The second-order valence-electron chi connectivity index (χ2n) is 3.23. The van der Waals surface area contributed by atoms with Crippen LogP contribution in [0.1, 0.15) is 21.0 Å². The molecule has 0 atom stereocenters. The maximum atomic E-state index is 11.6. The van der Waals surface area contributed by atoms with E-state index in [0.29, 0.717) is 5.02 Å². The Morgan fingerprint density at radius 2 is 2.11 bits per heavy atom. The molecule has 1 aromatic heterocycles. The van der Waals surface area contributed by atoms with Gasteiger partial charge in [-0.15, -0.1) is 0 Å². The number of aromatic carboxylic acids is 1. The zero-order valence-electron chi connectivity index (χ0n) is 8.79. The molecule has 18 heavy (non-hydrogen) atoms. The van der Waals surface area contributed by atoms with E-state index >= 15 is 0 Å². The summed E-state index contributed by atoms with van der Waals surface area (Å²) in [6.07, 6.45) is 0. The van der Waals surface area contributed by atoms with Crippen molar-refractivity contribution in [1.82, 2.24) is 5.16 Å². The maximum Gasteiger partial charge on any atom is 0.382 e. The molecule has 0 amide bonds. The molecule has 0 aliphatic rings. The van der Waals surface area contributed by atoms with Gasteiger partial charge in [0.1, 0.15) is 5.75 Å². The molecular weight excluding hydrogens is 262 g/mol. The van der Waals surface area contributed by atoms with Crippen LogP contribution in [0.4, 0.5) is 0 Å². The molecule has 2 rings (SSSR count). The molecule has 0 bridgehead atoms. The number of hydrogen-bond donors (Lipinski definition) is 1. The first-order valence-electron chi connectivity index (χ1n) is 4.74. The zero-order chi connectivity index (χ0) is 13.1. The summed E-state index contributed by atoms with van der Waals surface area (Å²) in [5.74, 6) is -2.22. The van der Waals surface area contributed by atoms with Gasteiger partial charge in [0, 0.05) is 11.1 Å². The van der Waals surface area contributed by atoms with Crippen LogP contribution in [-0.2, 0) is 0 Å². The first-order valence-corrected chi connectivity index (χ1v) is 5.12. The van der Waals surface area contributed by atoms with Crippen molar-refractivity contribution in [3.63, 3.8) is 0 Å².